The summed E-state index contributed by atoms with van der Waals surface area (Å²) < 4.78 is 5.91. The fourth-order valence-electron chi connectivity index (χ4n) is 2.29. The second kappa shape index (κ2) is 6.27. The van der Waals surface area contributed by atoms with Gasteiger partial charge in [0.15, 0.2) is 0 Å². The Morgan fingerprint density at radius 2 is 2.06 bits per heavy atom. The van der Waals surface area contributed by atoms with Gasteiger partial charge in [-0.3, -0.25) is 0 Å². The summed E-state index contributed by atoms with van der Waals surface area (Å²) in [5.41, 5.74) is 6.73. The minimum absolute atomic E-state index is 0.363. The van der Waals surface area contributed by atoms with Crippen LogP contribution in [0.2, 0.25) is 5.02 Å². The van der Waals surface area contributed by atoms with Crippen molar-refractivity contribution in [3.63, 3.8) is 0 Å². The third-order valence-electron chi connectivity index (χ3n) is 3.26. The highest BCUT2D eigenvalue weighted by Crippen LogP contribution is 2.30. The number of rotatable bonds is 5. The van der Waals surface area contributed by atoms with E-state index in [-0.39, 0.29) is 0 Å². The second-order valence-electron chi connectivity index (χ2n) is 4.68. The summed E-state index contributed by atoms with van der Waals surface area (Å²) in [5, 5.41) is 0.728. The van der Waals surface area contributed by atoms with Gasteiger partial charge in [0.05, 0.1) is 11.1 Å². The maximum atomic E-state index is 6.23. The van der Waals surface area contributed by atoms with Crippen molar-refractivity contribution in [3.8, 4) is 5.75 Å². The van der Waals surface area contributed by atoms with Crippen molar-refractivity contribution in [3.05, 3.63) is 28.8 Å². The largest absolute Gasteiger partial charge is 0.489 e. The fraction of sp³-hybridized carbons (Fsp3) is 0.571. The monoisotopic (exact) mass is 253 g/mol. The number of halogens is 1. The summed E-state index contributed by atoms with van der Waals surface area (Å²) in [6.07, 6.45) is 7.21. The lowest BCUT2D eigenvalue weighted by atomic mass is 10.1. The van der Waals surface area contributed by atoms with Crippen molar-refractivity contribution in [2.24, 2.45) is 5.73 Å². The fourth-order valence-corrected chi connectivity index (χ4v) is 2.54. The molecule has 1 aromatic rings. The van der Waals surface area contributed by atoms with E-state index in [0.717, 1.165) is 43.0 Å². The van der Waals surface area contributed by atoms with Gasteiger partial charge in [0, 0.05) is 0 Å². The number of ether oxygens (including phenoxy) is 1. The lowest BCUT2D eigenvalue weighted by Crippen LogP contribution is -2.11. The van der Waals surface area contributed by atoms with E-state index in [0.29, 0.717) is 6.10 Å². The summed E-state index contributed by atoms with van der Waals surface area (Å²) in [4.78, 5) is 0. The maximum Gasteiger partial charge on any atom is 0.138 e. The van der Waals surface area contributed by atoms with Crippen molar-refractivity contribution in [2.75, 3.05) is 6.54 Å². The van der Waals surface area contributed by atoms with E-state index < -0.39 is 0 Å². The molecule has 0 heterocycles. The Labute approximate surface area is 108 Å². The molecule has 17 heavy (non-hydrogen) atoms. The molecule has 1 aliphatic rings. The van der Waals surface area contributed by atoms with Crippen LogP contribution in [0, 0.1) is 0 Å². The Morgan fingerprint density at radius 3 is 2.71 bits per heavy atom. The molecule has 2 rings (SSSR count). The molecule has 0 bridgehead atoms. The van der Waals surface area contributed by atoms with E-state index >= 15 is 0 Å². The molecule has 0 aromatic heterocycles. The van der Waals surface area contributed by atoms with Gasteiger partial charge in [-0.2, -0.15) is 0 Å². The average Bonchev–Trinajstić information content (AvgIpc) is 2.82. The van der Waals surface area contributed by atoms with Gasteiger partial charge < -0.3 is 10.5 Å². The number of benzene rings is 1. The van der Waals surface area contributed by atoms with Crippen molar-refractivity contribution in [2.45, 2.75) is 44.6 Å². The molecule has 0 radical (unpaired) electrons. The molecule has 0 spiro atoms. The number of nitrogens with two attached hydrogens (primary N) is 1. The minimum Gasteiger partial charge on any atom is -0.489 e. The van der Waals surface area contributed by atoms with Gasteiger partial charge in [0.25, 0.3) is 0 Å². The van der Waals surface area contributed by atoms with Crippen molar-refractivity contribution < 1.29 is 4.74 Å². The molecule has 0 amide bonds. The van der Waals surface area contributed by atoms with E-state index in [1.807, 2.05) is 12.1 Å². The molecule has 3 heteroatoms. The summed E-state index contributed by atoms with van der Waals surface area (Å²) >= 11 is 6.23. The molecule has 2 N–H and O–H groups in total. The molecule has 0 atom stereocenters. The van der Waals surface area contributed by atoms with E-state index in [9.17, 15) is 0 Å². The zero-order valence-corrected chi connectivity index (χ0v) is 10.9. The number of hydrogen-bond donors (Lipinski definition) is 1. The van der Waals surface area contributed by atoms with Gasteiger partial charge in [-0.05, 0) is 62.8 Å². The predicted octanol–water partition coefficient (Wildman–Crippen LogP) is 3.55. The molecule has 1 aromatic carbocycles. The van der Waals surface area contributed by atoms with E-state index in [4.69, 9.17) is 22.1 Å². The molecule has 0 unspecified atom stereocenters. The average molecular weight is 254 g/mol. The molecule has 0 saturated heterocycles. The van der Waals surface area contributed by atoms with Crippen LogP contribution in [0.5, 0.6) is 5.75 Å². The molecule has 2 nitrogen and oxygen atoms in total. The van der Waals surface area contributed by atoms with Crippen LogP contribution in [-0.4, -0.2) is 12.6 Å². The van der Waals surface area contributed by atoms with Gasteiger partial charge in [-0.25, -0.2) is 0 Å². The van der Waals surface area contributed by atoms with E-state index in [1.165, 1.54) is 18.4 Å². The van der Waals surface area contributed by atoms with Crippen LogP contribution in [0.15, 0.2) is 18.2 Å². The van der Waals surface area contributed by atoms with Crippen LogP contribution >= 0.6 is 11.6 Å². The van der Waals surface area contributed by atoms with Gasteiger partial charge in [0.1, 0.15) is 5.75 Å². The standard InChI is InChI=1S/C14H20ClNO/c15-13-10-11(4-3-9-16)7-8-14(13)17-12-5-1-2-6-12/h7-8,10,12H,1-6,9,16H2. The highest BCUT2D eigenvalue weighted by molar-refractivity contribution is 6.32. The molecule has 1 saturated carbocycles. The third kappa shape index (κ3) is 3.62. The molecule has 0 aliphatic heterocycles. The Morgan fingerprint density at radius 1 is 1.29 bits per heavy atom. The van der Waals surface area contributed by atoms with E-state index in [2.05, 4.69) is 6.07 Å². The van der Waals surface area contributed by atoms with Crippen LogP contribution in [0.3, 0.4) is 0 Å². The molecule has 1 fully saturated rings. The molecule has 1 aliphatic carbocycles. The van der Waals surface area contributed by atoms with Crippen LogP contribution in [-0.2, 0) is 6.42 Å². The molecular formula is C14H20ClNO. The lowest BCUT2D eigenvalue weighted by Gasteiger charge is -2.14. The summed E-state index contributed by atoms with van der Waals surface area (Å²) in [6, 6.07) is 6.08. The minimum atomic E-state index is 0.363. The normalized spacial score (nSPS) is 16.4. The van der Waals surface area contributed by atoms with Crippen LogP contribution in [0.25, 0.3) is 0 Å². The molecular weight excluding hydrogens is 234 g/mol. The van der Waals surface area contributed by atoms with Crippen LogP contribution in [0.4, 0.5) is 0 Å². The maximum absolute atomic E-state index is 6.23. The zero-order valence-electron chi connectivity index (χ0n) is 10.1. The van der Waals surface area contributed by atoms with Crippen molar-refractivity contribution in [1.29, 1.82) is 0 Å². The quantitative estimate of drug-likeness (QED) is 0.871. The summed E-state index contributed by atoms with van der Waals surface area (Å²) in [7, 11) is 0. The van der Waals surface area contributed by atoms with E-state index in [1.54, 1.807) is 0 Å². The number of hydrogen-bond acceptors (Lipinski definition) is 2. The smallest absolute Gasteiger partial charge is 0.138 e. The Hall–Kier alpha value is -0.730. The first-order valence-corrected chi connectivity index (χ1v) is 6.82. The topological polar surface area (TPSA) is 35.2 Å². The number of aryl methyl sites for hydroxylation is 1. The van der Waals surface area contributed by atoms with Crippen molar-refractivity contribution in [1.82, 2.24) is 0 Å². The lowest BCUT2D eigenvalue weighted by molar-refractivity contribution is 0.210. The van der Waals surface area contributed by atoms with Gasteiger partial charge in [-0.15, -0.1) is 0 Å². The van der Waals surface area contributed by atoms with Crippen LogP contribution in [0.1, 0.15) is 37.7 Å². The first-order chi connectivity index (χ1) is 8.29. The Balaban J connectivity index is 1.98. The van der Waals surface area contributed by atoms with Gasteiger partial charge >= 0.3 is 0 Å². The summed E-state index contributed by atoms with van der Waals surface area (Å²) in [5.74, 6) is 0.829. The second-order valence-corrected chi connectivity index (χ2v) is 5.09. The summed E-state index contributed by atoms with van der Waals surface area (Å²) in [6.45, 7) is 0.720. The molecule has 94 valence electrons. The predicted molar refractivity (Wildman–Crippen MR) is 71.7 cm³/mol. The zero-order chi connectivity index (χ0) is 12.1. The van der Waals surface area contributed by atoms with Crippen LogP contribution < -0.4 is 10.5 Å². The first kappa shape index (κ1) is 12.7. The third-order valence-corrected chi connectivity index (χ3v) is 3.56. The van der Waals surface area contributed by atoms with Gasteiger partial charge in [0.2, 0.25) is 0 Å². The Kier molecular flexibility index (Phi) is 4.69. The Bertz CT molecular complexity index is 361. The van der Waals surface area contributed by atoms with Crippen molar-refractivity contribution >= 4 is 11.6 Å². The SMILES string of the molecule is NCCCc1ccc(OC2CCCC2)c(Cl)c1. The van der Waals surface area contributed by atoms with Gasteiger partial charge in [-0.1, -0.05) is 17.7 Å². The highest BCUT2D eigenvalue weighted by Gasteiger charge is 2.17. The first-order valence-electron chi connectivity index (χ1n) is 6.45. The highest BCUT2D eigenvalue weighted by atomic mass is 35.5.